The summed E-state index contributed by atoms with van der Waals surface area (Å²) in [7, 11) is 0. The Balaban J connectivity index is 1.60. The minimum Gasteiger partial charge on any atom is -0.396 e. The minimum atomic E-state index is 0.279. The average Bonchev–Trinajstić information content (AvgIpc) is 2.91. The van der Waals surface area contributed by atoms with E-state index in [9.17, 15) is 5.11 Å². The maximum Gasteiger partial charge on any atom is 0.0462 e. The van der Waals surface area contributed by atoms with Gasteiger partial charge in [0.1, 0.15) is 0 Å². The van der Waals surface area contributed by atoms with E-state index in [-0.39, 0.29) is 6.61 Å². The molecule has 0 saturated carbocycles. The molecule has 0 bridgehead atoms. The van der Waals surface area contributed by atoms with Gasteiger partial charge in [-0.05, 0) is 49.3 Å². The molecule has 1 aliphatic rings. The highest BCUT2D eigenvalue weighted by Gasteiger charge is 2.24. The third-order valence-corrected chi connectivity index (χ3v) is 5.56. The normalized spacial score (nSPS) is 18.5. The van der Waals surface area contributed by atoms with E-state index >= 15 is 0 Å². The molecular formula is C19H22OS. The van der Waals surface area contributed by atoms with Gasteiger partial charge in [0, 0.05) is 16.8 Å². The summed E-state index contributed by atoms with van der Waals surface area (Å²) in [6, 6.07) is 17.4. The lowest BCUT2D eigenvalue weighted by molar-refractivity contribution is 0.217. The van der Waals surface area contributed by atoms with Gasteiger partial charge in [0.2, 0.25) is 0 Å². The molecule has 0 aliphatic carbocycles. The highest BCUT2D eigenvalue weighted by molar-refractivity contribution is 8.00. The first kappa shape index (κ1) is 14.7. The van der Waals surface area contributed by atoms with Crippen LogP contribution < -0.4 is 0 Å². The Hall–Kier alpha value is -1.25. The van der Waals surface area contributed by atoms with Crippen molar-refractivity contribution in [1.82, 2.24) is 0 Å². The summed E-state index contributed by atoms with van der Waals surface area (Å²) in [6.45, 7) is 2.39. The topological polar surface area (TPSA) is 20.2 Å². The minimum absolute atomic E-state index is 0.279. The number of thioether (sulfide) groups is 1. The molecule has 21 heavy (non-hydrogen) atoms. The molecule has 2 heteroatoms. The molecule has 0 fully saturated rings. The molecule has 1 nitrogen and oxygen atoms in total. The molecule has 110 valence electrons. The number of hydrogen-bond acceptors (Lipinski definition) is 2. The Morgan fingerprint density at radius 3 is 2.62 bits per heavy atom. The van der Waals surface area contributed by atoms with E-state index in [0.717, 1.165) is 19.3 Å². The van der Waals surface area contributed by atoms with Gasteiger partial charge in [-0.2, -0.15) is 0 Å². The van der Waals surface area contributed by atoms with Crippen molar-refractivity contribution in [2.24, 2.45) is 5.92 Å². The molecule has 0 amide bonds. The molecule has 0 spiro atoms. The number of rotatable bonds is 5. The third kappa shape index (κ3) is 3.69. The summed E-state index contributed by atoms with van der Waals surface area (Å²) in [5.41, 5.74) is 4.10. The lowest BCUT2D eigenvalue weighted by Gasteiger charge is -2.18. The number of fused-ring (bicyclic) bond motifs is 1. The van der Waals surface area contributed by atoms with Gasteiger partial charge in [-0.15, -0.1) is 11.8 Å². The fourth-order valence-corrected chi connectivity index (χ4v) is 4.49. The summed E-state index contributed by atoms with van der Waals surface area (Å²) >= 11 is 1.98. The van der Waals surface area contributed by atoms with Crippen LogP contribution >= 0.6 is 11.8 Å². The van der Waals surface area contributed by atoms with Crippen LogP contribution in [0.2, 0.25) is 0 Å². The van der Waals surface area contributed by atoms with Crippen LogP contribution in [0.5, 0.6) is 0 Å². The van der Waals surface area contributed by atoms with Gasteiger partial charge in [-0.3, -0.25) is 0 Å². The van der Waals surface area contributed by atoms with Crippen LogP contribution in [-0.4, -0.2) is 17.0 Å². The van der Waals surface area contributed by atoms with Gasteiger partial charge in [-0.1, -0.05) is 48.0 Å². The highest BCUT2D eigenvalue weighted by atomic mass is 32.2. The largest absolute Gasteiger partial charge is 0.396 e. The Labute approximate surface area is 131 Å². The smallest absolute Gasteiger partial charge is 0.0462 e. The molecule has 3 rings (SSSR count). The van der Waals surface area contributed by atoms with Crippen molar-refractivity contribution in [3.8, 4) is 0 Å². The Bertz CT molecular complexity index is 566. The van der Waals surface area contributed by atoms with E-state index in [1.54, 1.807) is 0 Å². The van der Waals surface area contributed by atoms with Crippen LogP contribution in [0.4, 0.5) is 0 Å². The van der Waals surface area contributed by atoms with E-state index in [0.29, 0.717) is 11.2 Å². The maximum absolute atomic E-state index is 9.71. The molecule has 1 N–H and O–H groups in total. The molecule has 1 aliphatic heterocycles. The zero-order chi connectivity index (χ0) is 14.7. The molecule has 2 aromatic carbocycles. The first-order valence-electron chi connectivity index (χ1n) is 7.65. The number of aliphatic hydroxyl groups is 1. The molecule has 0 aromatic heterocycles. The molecular weight excluding hydrogens is 276 g/mol. The SMILES string of the molecule is Cc1ccc(CC(CO)CC2Cc3ccccc3S2)cc1. The summed E-state index contributed by atoms with van der Waals surface area (Å²) in [5, 5.41) is 10.3. The van der Waals surface area contributed by atoms with Crippen molar-refractivity contribution in [1.29, 1.82) is 0 Å². The van der Waals surface area contributed by atoms with Gasteiger partial charge < -0.3 is 5.11 Å². The van der Waals surface area contributed by atoms with E-state index in [2.05, 4.69) is 55.5 Å². The molecule has 1 heterocycles. The van der Waals surface area contributed by atoms with Crippen molar-refractivity contribution in [2.45, 2.75) is 36.3 Å². The number of hydrogen-bond donors (Lipinski definition) is 1. The summed E-state index contributed by atoms with van der Waals surface area (Å²) in [4.78, 5) is 1.43. The second kappa shape index (κ2) is 6.67. The number of aliphatic hydroxyl groups excluding tert-OH is 1. The maximum atomic E-state index is 9.71. The van der Waals surface area contributed by atoms with Crippen LogP contribution in [0.3, 0.4) is 0 Å². The second-order valence-corrected chi connectivity index (χ2v) is 7.37. The van der Waals surface area contributed by atoms with Gasteiger partial charge in [0.05, 0.1) is 0 Å². The first-order chi connectivity index (χ1) is 10.2. The average molecular weight is 298 g/mol. The van der Waals surface area contributed by atoms with Crippen LogP contribution in [0, 0.1) is 12.8 Å². The van der Waals surface area contributed by atoms with Crippen LogP contribution in [0.1, 0.15) is 23.1 Å². The van der Waals surface area contributed by atoms with Crippen molar-refractivity contribution < 1.29 is 5.11 Å². The Morgan fingerprint density at radius 1 is 1.14 bits per heavy atom. The zero-order valence-corrected chi connectivity index (χ0v) is 13.3. The monoisotopic (exact) mass is 298 g/mol. The fraction of sp³-hybridized carbons (Fsp3) is 0.368. The zero-order valence-electron chi connectivity index (χ0n) is 12.5. The van der Waals surface area contributed by atoms with E-state index < -0.39 is 0 Å². The molecule has 2 atom stereocenters. The van der Waals surface area contributed by atoms with Crippen LogP contribution in [-0.2, 0) is 12.8 Å². The van der Waals surface area contributed by atoms with Crippen molar-refractivity contribution in [3.63, 3.8) is 0 Å². The first-order valence-corrected chi connectivity index (χ1v) is 8.53. The van der Waals surface area contributed by atoms with Crippen LogP contribution in [0.25, 0.3) is 0 Å². The third-order valence-electron chi connectivity index (χ3n) is 4.21. The predicted molar refractivity (Wildman–Crippen MR) is 89.9 cm³/mol. The Morgan fingerprint density at radius 2 is 1.90 bits per heavy atom. The van der Waals surface area contributed by atoms with Crippen molar-refractivity contribution in [3.05, 3.63) is 65.2 Å². The summed E-state index contributed by atoms with van der Waals surface area (Å²) in [5.74, 6) is 0.361. The number of benzene rings is 2. The lowest BCUT2D eigenvalue weighted by atomic mass is 9.93. The van der Waals surface area contributed by atoms with Crippen LogP contribution in [0.15, 0.2) is 53.4 Å². The molecule has 2 unspecified atom stereocenters. The molecule has 0 radical (unpaired) electrons. The van der Waals surface area contributed by atoms with Gasteiger partial charge in [0.25, 0.3) is 0 Å². The molecule has 0 saturated heterocycles. The summed E-state index contributed by atoms with van der Waals surface area (Å²) < 4.78 is 0. The number of aryl methyl sites for hydroxylation is 1. The van der Waals surface area contributed by atoms with Crippen molar-refractivity contribution in [2.75, 3.05) is 6.61 Å². The van der Waals surface area contributed by atoms with Gasteiger partial charge >= 0.3 is 0 Å². The van der Waals surface area contributed by atoms with Gasteiger partial charge in [-0.25, -0.2) is 0 Å². The standard InChI is InChI=1S/C19H22OS/c1-14-6-8-15(9-7-14)10-16(13-20)11-18-12-17-4-2-3-5-19(17)21-18/h2-9,16,18,20H,10-13H2,1H3. The fourth-order valence-electron chi connectivity index (χ4n) is 3.04. The van der Waals surface area contributed by atoms with E-state index in [4.69, 9.17) is 0 Å². The van der Waals surface area contributed by atoms with Crippen molar-refractivity contribution >= 4 is 11.8 Å². The summed E-state index contributed by atoms with van der Waals surface area (Å²) in [6.07, 6.45) is 3.21. The second-order valence-electron chi connectivity index (χ2n) is 6.03. The van der Waals surface area contributed by atoms with Gasteiger partial charge in [0.15, 0.2) is 0 Å². The predicted octanol–water partition coefficient (Wildman–Crippen LogP) is 4.25. The highest BCUT2D eigenvalue weighted by Crippen LogP contribution is 2.39. The Kier molecular flexibility index (Phi) is 4.67. The van der Waals surface area contributed by atoms with E-state index in [1.165, 1.54) is 21.6 Å². The quantitative estimate of drug-likeness (QED) is 0.890. The van der Waals surface area contributed by atoms with E-state index in [1.807, 2.05) is 11.8 Å². The lowest BCUT2D eigenvalue weighted by Crippen LogP contribution is -2.16. The molecule has 2 aromatic rings.